The Morgan fingerprint density at radius 2 is 1.83 bits per heavy atom. The highest BCUT2D eigenvalue weighted by atomic mass is 35.5. The van der Waals surface area contributed by atoms with E-state index in [0.717, 1.165) is 25.3 Å². The molecule has 1 saturated heterocycles. The number of carbonyl (C=O) groups excluding carboxylic acids is 1. The first-order valence-electron chi connectivity index (χ1n) is 9.06. The van der Waals surface area contributed by atoms with Crippen molar-refractivity contribution in [3.8, 4) is 0 Å². The lowest BCUT2D eigenvalue weighted by atomic mass is 10.1. The van der Waals surface area contributed by atoms with Crippen LogP contribution in [0.2, 0.25) is 5.02 Å². The Labute approximate surface area is 173 Å². The minimum absolute atomic E-state index is 0.0419. The van der Waals surface area contributed by atoms with Crippen LogP contribution >= 0.6 is 11.6 Å². The zero-order valence-corrected chi connectivity index (χ0v) is 17.3. The molecule has 8 nitrogen and oxygen atoms in total. The van der Waals surface area contributed by atoms with Gasteiger partial charge in [-0.3, -0.25) is 14.9 Å². The van der Waals surface area contributed by atoms with Crippen LogP contribution in [0.1, 0.15) is 35.2 Å². The van der Waals surface area contributed by atoms with Crippen LogP contribution in [0.4, 0.5) is 11.4 Å². The van der Waals surface area contributed by atoms with E-state index >= 15 is 0 Å². The van der Waals surface area contributed by atoms with E-state index < -0.39 is 20.9 Å². The highest BCUT2D eigenvalue weighted by Gasteiger charge is 2.27. The number of hydrogen-bond acceptors (Lipinski definition) is 5. The SMILES string of the molecule is Cc1ccc(S(=O)(=O)N2CCCCC2)cc1C(=O)Nc1cc([N+](=O)[O-])ccc1Cl. The summed E-state index contributed by atoms with van der Waals surface area (Å²) < 4.78 is 27.2. The number of nitro groups is 1. The molecular formula is C19H20ClN3O5S. The summed E-state index contributed by atoms with van der Waals surface area (Å²) in [6, 6.07) is 8.09. The van der Waals surface area contributed by atoms with Gasteiger partial charge in [-0.1, -0.05) is 24.1 Å². The average molecular weight is 438 g/mol. The second-order valence-electron chi connectivity index (χ2n) is 6.82. The molecule has 0 bridgehead atoms. The predicted octanol–water partition coefficient (Wildman–Crippen LogP) is 3.98. The van der Waals surface area contributed by atoms with E-state index in [9.17, 15) is 23.3 Å². The number of sulfonamides is 1. The van der Waals surface area contributed by atoms with Crippen LogP contribution in [0, 0.1) is 17.0 Å². The molecule has 1 N–H and O–H groups in total. The molecule has 1 aliphatic heterocycles. The second kappa shape index (κ2) is 8.48. The molecule has 0 aromatic heterocycles. The number of rotatable bonds is 5. The molecule has 154 valence electrons. The van der Waals surface area contributed by atoms with Crippen molar-refractivity contribution in [2.45, 2.75) is 31.1 Å². The molecule has 0 saturated carbocycles. The number of nitrogens with one attached hydrogen (secondary N) is 1. The molecule has 0 unspecified atom stereocenters. The Morgan fingerprint density at radius 1 is 1.14 bits per heavy atom. The van der Waals surface area contributed by atoms with Crippen molar-refractivity contribution in [1.82, 2.24) is 4.31 Å². The second-order valence-corrected chi connectivity index (χ2v) is 9.16. The topological polar surface area (TPSA) is 110 Å². The summed E-state index contributed by atoms with van der Waals surface area (Å²) in [4.78, 5) is 23.2. The lowest BCUT2D eigenvalue weighted by molar-refractivity contribution is -0.384. The fourth-order valence-electron chi connectivity index (χ4n) is 3.17. The lowest BCUT2D eigenvalue weighted by Gasteiger charge is -2.26. The summed E-state index contributed by atoms with van der Waals surface area (Å²) >= 11 is 6.04. The van der Waals surface area contributed by atoms with Gasteiger partial charge in [0.05, 0.1) is 20.5 Å². The number of piperidine rings is 1. The number of halogens is 1. The van der Waals surface area contributed by atoms with Crippen LogP contribution in [0.3, 0.4) is 0 Å². The molecular weight excluding hydrogens is 418 g/mol. The fraction of sp³-hybridized carbons (Fsp3) is 0.316. The number of aryl methyl sites for hydroxylation is 1. The van der Waals surface area contributed by atoms with Gasteiger partial charge in [0.1, 0.15) is 0 Å². The zero-order chi connectivity index (χ0) is 21.2. The third-order valence-corrected chi connectivity index (χ3v) is 7.04. The maximum atomic E-state index is 12.9. The van der Waals surface area contributed by atoms with E-state index in [0.29, 0.717) is 18.7 Å². The molecule has 1 amide bonds. The van der Waals surface area contributed by atoms with Crippen LogP contribution in [-0.2, 0) is 10.0 Å². The summed E-state index contributed by atoms with van der Waals surface area (Å²) in [6.45, 7) is 2.60. The summed E-state index contributed by atoms with van der Waals surface area (Å²) in [5, 5.41) is 13.6. The first kappa shape index (κ1) is 21.2. The molecule has 1 heterocycles. The molecule has 1 aliphatic rings. The van der Waals surface area contributed by atoms with Crippen molar-refractivity contribution in [3.63, 3.8) is 0 Å². The normalized spacial score (nSPS) is 15.1. The highest BCUT2D eigenvalue weighted by Crippen LogP contribution is 2.28. The van der Waals surface area contributed by atoms with Gasteiger partial charge in [-0.2, -0.15) is 4.31 Å². The van der Waals surface area contributed by atoms with Crippen molar-refractivity contribution in [1.29, 1.82) is 0 Å². The van der Waals surface area contributed by atoms with Gasteiger partial charge in [-0.25, -0.2) is 8.42 Å². The van der Waals surface area contributed by atoms with Crippen molar-refractivity contribution in [2.24, 2.45) is 0 Å². The average Bonchev–Trinajstić information content (AvgIpc) is 2.70. The van der Waals surface area contributed by atoms with E-state index in [-0.39, 0.29) is 26.9 Å². The highest BCUT2D eigenvalue weighted by molar-refractivity contribution is 7.89. The van der Waals surface area contributed by atoms with E-state index in [4.69, 9.17) is 11.6 Å². The largest absolute Gasteiger partial charge is 0.320 e. The van der Waals surface area contributed by atoms with Crippen molar-refractivity contribution in [3.05, 3.63) is 62.7 Å². The molecule has 10 heteroatoms. The van der Waals surface area contributed by atoms with Gasteiger partial charge in [0, 0.05) is 30.8 Å². The first-order valence-corrected chi connectivity index (χ1v) is 10.9. The molecule has 1 fully saturated rings. The summed E-state index contributed by atoms with van der Waals surface area (Å²) in [5.41, 5.74) is 0.588. The van der Waals surface area contributed by atoms with Gasteiger partial charge in [-0.05, 0) is 43.5 Å². The van der Waals surface area contributed by atoms with Crippen LogP contribution in [0.25, 0.3) is 0 Å². The number of amides is 1. The van der Waals surface area contributed by atoms with Crippen molar-refractivity contribution >= 4 is 38.9 Å². The van der Waals surface area contributed by atoms with Crippen LogP contribution in [0.15, 0.2) is 41.3 Å². The number of nitrogens with zero attached hydrogens (tertiary/aromatic N) is 2. The Kier molecular flexibility index (Phi) is 6.21. The first-order chi connectivity index (χ1) is 13.7. The molecule has 3 rings (SSSR count). The van der Waals surface area contributed by atoms with Gasteiger partial charge in [0.25, 0.3) is 11.6 Å². The van der Waals surface area contributed by atoms with Crippen LogP contribution in [-0.4, -0.2) is 36.6 Å². The molecule has 0 aliphatic carbocycles. The number of nitro benzene ring substituents is 1. The van der Waals surface area contributed by atoms with E-state index in [1.807, 2.05) is 0 Å². The van der Waals surface area contributed by atoms with Crippen molar-refractivity contribution in [2.75, 3.05) is 18.4 Å². The maximum Gasteiger partial charge on any atom is 0.271 e. The minimum atomic E-state index is -3.70. The van der Waals surface area contributed by atoms with Gasteiger partial charge < -0.3 is 5.32 Å². The number of hydrogen-bond donors (Lipinski definition) is 1. The molecule has 2 aromatic carbocycles. The third kappa shape index (κ3) is 4.58. The standard InChI is InChI=1S/C19H20ClN3O5S/c1-13-5-7-15(29(27,28)22-9-3-2-4-10-22)12-16(13)19(24)21-18-11-14(23(25)26)6-8-17(18)20/h5-8,11-12H,2-4,9-10H2,1H3,(H,21,24). The maximum absolute atomic E-state index is 12.9. The number of non-ortho nitro benzene ring substituents is 1. The third-order valence-electron chi connectivity index (χ3n) is 4.82. The predicted molar refractivity (Wildman–Crippen MR) is 110 cm³/mol. The molecule has 0 atom stereocenters. The van der Waals surface area contributed by atoms with Crippen LogP contribution in [0.5, 0.6) is 0 Å². The molecule has 2 aromatic rings. The van der Waals surface area contributed by atoms with Crippen molar-refractivity contribution < 1.29 is 18.1 Å². The molecule has 0 spiro atoms. The van der Waals surface area contributed by atoms with Gasteiger partial charge in [0.15, 0.2) is 0 Å². The van der Waals surface area contributed by atoms with E-state index in [2.05, 4.69) is 5.32 Å². The van der Waals surface area contributed by atoms with E-state index in [1.54, 1.807) is 13.0 Å². The van der Waals surface area contributed by atoms with Gasteiger partial charge in [-0.15, -0.1) is 0 Å². The van der Waals surface area contributed by atoms with Crippen LogP contribution < -0.4 is 5.32 Å². The number of benzene rings is 2. The fourth-order valence-corrected chi connectivity index (χ4v) is 4.88. The smallest absolute Gasteiger partial charge is 0.271 e. The Hall–Kier alpha value is -2.49. The quantitative estimate of drug-likeness (QED) is 0.561. The lowest BCUT2D eigenvalue weighted by Crippen LogP contribution is -2.35. The van der Waals surface area contributed by atoms with Gasteiger partial charge >= 0.3 is 0 Å². The minimum Gasteiger partial charge on any atom is -0.320 e. The van der Waals surface area contributed by atoms with Gasteiger partial charge in [0.2, 0.25) is 10.0 Å². The Morgan fingerprint density at radius 3 is 2.48 bits per heavy atom. The molecule has 29 heavy (non-hydrogen) atoms. The Balaban J connectivity index is 1.91. The summed E-state index contributed by atoms with van der Waals surface area (Å²) in [5.74, 6) is -0.597. The summed E-state index contributed by atoms with van der Waals surface area (Å²) in [6.07, 6.45) is 2.62. The monoisotopic (exact) mass is 437 g/mol. The Bertz CT molecular complexity index is 1070. The number of carbonyl (C=O) groups is 1. The van der Waals surface area contributed by atoms with E-state index in [1.165, 1.54) is 28.6 Å². The molecule has 0 radical (unpaired) electrons. The summed E-state index contributed by atoms with van der Waals surface area (Å²) in [7, 11) is -3.70. The number of anilines is 1. The zero-order valence-electron chi connectivity index (χ0n) is 15.7.